The molecule has 0 aromatic heterocycles. The van der Waals surface area contributed by atoms with Gasteiger partial charge in [0, 0.05) is 23.2 Å². The van der Waals surface area contributed by atoms with Crippen LogP contribution >= 0.6 is 0 Å². The van der Waals surface area contributed by atoms with Crippen molar-refractivity contribution in [2.75, 3.05) is 22.7 Å². The third-order valence-electron chi connectivity index (χ3n) is 5.72. The number of alkyl halides is 3. The normalized spacial score (nSPS) is 11.6. The molecule has 0 saturated heterocycles. The molecular formula is C28H25F3N4O3S. The lowest BCUT2D eigenvalue weighted by atomic mass is 10.1. The van der Waals surface area contributed by atoms with E-state index in [0.29, 0.717) is 28.2 Å². The van der Waals surface area contributed by atoms with E-state index < -0.39 is 27.6 Å². The topological polar surface area (TPSA) is 105 Å². The lowest BCUT2D eigenvalue weighted by Gasteiger charge is -2.25. The molecule has 11 heteroatoms. The summed E-state index contributed by atoms with van der Waals surface area (Å²) in [6.45, 7) is -0.190. The average molecular weight is 555 g/mol. The predicted octanol–water partition coefficient (Wildman–Crippen LogP) is 6.42. The van der Waals surface area contributed by atoms with Gasteiger partial charge in [-0.05, 0) is 59.7 Å². The number of carbonyl (C=O) groups is 1. The van der Waals surface area contributed by atoms with Crippen molar-refractivity contribution in [3.8, 4) is 11.1 Å². The Labute approximate surface area is 224 Å². The van der Waals surface area contributed by atoms with Gasteiger partial charge in [-0.25, -0.2) is 18.2 Å². The third-order valence-corrected chi connectivity index (χ3v) is 6.88. The lowest BCUT2D eigenvalue weighted by Crippen LogP contribution is -2.39. The van der Waals surface area contributed by atoms with E-state index in [4.69, 9.17) is 5.73 Å². The Morgan fingerprint density at radius 1 is 0.872 bits per heavy atom. The number of rotatable bonds is 7. The number of hydrazine groups is 1. The number of nitrogens with two attached hydrogens (primary N) is 1. The molecule has 0 atom stereocenters. The number of urea groups is 1. The van der Waals surface area contributed by atoms with Crippen LogP contribution in [0.2, 0.25) is 0 Å². The largest absolute Gasteiger partial charge is 0.416 e. The predicted molar refractivity (Wildman–Crippen MR) is 145 cm³/mol. The zero-order chi connectivity index (χ0) is 28.2. The van der Waals surface area contributed by atoms with E-state index in [1.54, 1.807) is 66.7 Å². The Bertz CT molecular complexity index is 1590. The monoisotopic (exact) mass is 554 g/mol. The van der Waals surface area contributed by atoms with Gasteiger partial charge in [0.05, 0.1) is 22.7 Å². The first-order chi connectivity index (χ1) is 18.4. The third kappa shape index (κ3) is 7.08. The number of hydrogen-bond donors (Lipinski definition) is 3. The van der Waals surface area contributed by atoms with Gasteiger partial charge in [-0.2, -0.15) is 13.2 Å². The summed E-state index contributed by atoms with van der Waals surface area (Å²) < 4.78 is 64.0. The second-order valence-corrected chi connectivity index (χ2v) is 10.8. The highest BCUT2D eigenvalue weighted by Gasteiger charge is 2.30. The summed E-state index contributed by atoms with van der Waals surface area (Å²) in [5.41, 5.74) is 10.6. The fourth-order valence-corrected chi connectivity index (χ4v) is 4.82. The molecule has 0 unspecified atom stereocenters. The van der Waals surface area contributed by atoms with Crippen molar-refractivity contribution < 1.29 is 26.4 Å². The molecule has 202 valence electrons. The van der Waals surface area contributed by atoms with Gasteiger partial charge in [-0.15, -0.1) is 0 Å². The van der Waals surface area contributed by atoms with Crippen LogP contribution in [0.5, 0.6) is 0 Å². The molecule has 39 heavy (non-hydrogen) atoms. The van der Waals surface area contributed by atoms with Gasteiger partial charge in [-0.3, -0.25) is 5.43 Å². The van der Waals surface area contributed by atoms with Crippen LogP contribution < -0.4 is 16.5 Å². The SMILES string of the molecule is CS(=O)(=O)c1ccccc1-c1ccc(NC(=O)N(Cc2cccc(C(F)(F)F)c2)Nc2cccc(N)c2)cc1. The minimum atomic E-state index is -4.53. The molecule has 0 aliphatic heterocycles. The summed E-state index contributed by atoms with van der Waals surface area (Å²) in [4.78, 5) is 13.4. The molecule has 4 aromatic carbocycles. The van der Waals surface area contributed by atoms with Crippen LogP contribution in [-0.4, -0.2) is 25.7 Å². The Morgan fingerprint density at radius 2 is 1.56 bits per heavy atom. The van der Waals surface area contributed by atoms with Crippen molar-refractivity contribution in [1.29, 1.82) is 0 Å². The number of nitrogens with zero attached hydrogens (tertiary/aromatic N) is 1. The molecule has 7 nitrogen and oxygen atoms in total. The summed E-state index contributed by atoms with van der Waals surface area (Å²) in [7, 11) is -3.46. The Balaban J connectivity index is 1.58. The molecule has 0 saturated carbocycles. The number of halogens is 3. The van der Waals surface area contributed by atoms with E-state index in [9.17, 15) is 26.4 Å². The first kappa shape index (κ1) is 27.5. The zero-order valence-corrected chi connectivity index (χ0v) is 21.6. The minimum absolute atomic E-state index is 0.181. The Kier molecular flexibility index (Phi) is 7.82. The van der Waals surface area contributed by atoms with Crippen molar-refractivity contribution in [1.82, 2.24) is 5.01 Å². The van der Waals surface area contributed by atoms with E-state index in [1.165, 1.54) is 18.2 Å². The molecule has 0 aliphatic rings. The van der Waals surface area contributed by atoms with Crippen molar-refractivity contribution in [2.45, 2.75) is 17.6 Å². The standard InChI is InChI=1S/C28H25F3N4O3S/c1-39(37,38)26-11-3-2-10-25(26)20-12-14-23(15-13-20)33-27(36)35(34-24-9-5-8-22(32)17-24)18-19-6-4-7-21(16-19)28(29,30)31/h2-17,34H,18,32H2,1H3,(H,33,36). The van der Waals surface area contributed by atoms with E-state index in [1.807, 2.05) is 0 Å². The molecule has 0 bridgehead atoms. The van der Waals surface area contributed by atoms with Gasteiger partial charge >= 0.3 is 12.2 Å². The van der Waals surface area contributed by atoms with Crippen LogP contribution in [0.15, 0.2) is 102 Å². The number of benzene rings is 4. The Morgan fingerprint density at radius 3 is 2.23 bits per heavy atom. The summed E-state index contributed by atoms with van der Waals surface area (Å²) in [5.74, 6) is 0. The van der Waals surface area contributed by atoms with Crippen LogP contribution in [0.4, 0.5) is 35.0 Å². The number of sulfone groups is 1. The van der Waals surface area contributed by atoms with Gasteiger partial charge in [0.2, 0.25) is 0 Å². The molecule has 4 aromatic rings. The molecule has 0 spiro atoms. The van der Waals surface area contributed by atoms with E-state index in [0.717, 1.165) is 23.4 Å². The molecule has 0 aliphatic carbocycles. The quantitative estimate of drug-likeness (QED) is 0.181. The van der Waals surface area contributed by atoms with Crippen molar-refractivity contribution >= 4 is 32.9 Å². The number of amides is 2. The Hall–Kier alpha value is -4.51. The van der Waals surface area contributed by atoms with Crippen LogP contribution in [0.1, 0.15) is 11.1 Å². The van der Waals surface area contributed by atoms with Crippen LogP contribution in [0.25, 0.3) is 11.1 Å². The fourth-order valence-electron chi connectivity index (χ4n) is 3.91. The van der Waals surface area contributed by atoms with Crippen LogP contribution in [0, 0.1) is 0 Å². The van der Waals surface area contributed by atoms with Gasteiger partial charge in [0.15, 0.2) is 9.84 Å². The van der Waals surface area contributed by atoms with Crippen LogP contribution in [0.3, 0.4) is 0 Å². The summed E-state index contributed by atoms with van der Waals surface area (Å²) in [6, 6.07) is 23.8. The zero-order valence-electron chi connectivity index (χ0n) is 20.7. The number of carbonyl (C=O) groups excluding carboxylic acids is 1. The highest BCUT2D eigenvalue weighted by atomic mass is 32.2. The second-order valence-electron chi connectivity index (χ2n) is 8.80. The van der Waals surface area contributed by atoms with Crippen molar-refractivity contribution in [3.05, 3.63) is 108 Å². The summed E-state index contributed by atoms with van der Waals surface area (Å²) >= 11 is 0. The average Bonchev–Trinajstić information content (AvgIpc) is 2.88. The second kappa shape index (κ2) is 11.1. The van der Waals surface area contributed by atoms with E-state index in [2.05, 4.69) is 10.7 Å². The van der Waals surface area contributed by atoms with Crippen molar-refractivity contribution in [2.24, 2.45) is 0 Å². The molecule has 0 heterocycles. The van der Waals surface area contributed by atoms with Crippen molar-refractivity contribution in [3.63, 3.8) is 0 Å². The summed E-state index contributed by atoms with van der Waals surface area (Å²) in [6.07, 6.45) is -3.39. The number of nitrogen functional groups attached to an aromatic ring is 1. The van der Waals surface area contributed by atoms with Gasteiger partial charge in [0.25, 0.3) is 0 Å². The van der Waals surface area contributed by atoms with Crippen LogP contribution in [-0.2, 0) is 22.6 Å². The molecule has 2 amide bonds. The molecular weight excluding hydrogens is 529 g/mol. The smallest absolute Gasteiger partial charge is 0.399 e. The maximum absolute atomic E-state index is 13.2. The molecule has 0 radical (unpaired) electrons. The maximum atomic E-state index is 13.2. The van der Waals surface area contributed by atoms with Gasteiger partial charge in [-0.1, -0.05) is 48.5 Å². The van der Waals surface area contributed by atoms with E-state index >= 15 is 0 Å². The first-order valence-corrected chi connectivity index (χ1v) is 13.6. The lowest BCUT2D eigenvalue weighted by molar-refractivity contribution is -0.137. The molecule has 0 fully saturated rings. The maximum Gasteiger partial charge on any atom is 0.416 e. The number of anilines is 3. The fraction of sp³-hybridized carbons (Fsp3) is 0.107. The number of nitrogens with one attached hydrogen (secondary N) is 2. The highest BCUT2D eigenvalue weighted by Crippen LogP contribution is 2.30. The summed E-state index contributed by atoms with van der Waals surface area (Å²) in [5, 5.41) is 3.85. The minimum Gasteiger partial charge on any atom is -0.399 e. The number of hydrogen-bond acceptors (Lipinski definition) is 5. The molecule has 4 rings (SSSR count). The first-order valence-electron chi connectivity index (χ1n) is 11.7. The van der Waals surface area contributed by atoms with E-state index in [-0.39, 0.29) is 17.0 Å². The highest BCUT2D eigenvalue weighted by molar-refractivity contribution is 7.90. The van der Waals surface area contributed by atoms with Gasteiger partial charge < -0.3 is 11.1 Å². The molecule has 4 N–H and O–H groups in total. The van der Waals surface area contributed by atoms with Gasteiger partial charge in [0.1, 0.15) is 0 Å².